The van der Waals surface area contributed by atoms with E-state index >= 15 is 0 Å². The van der Waals surface area contributed by atoms with Crippen molar-refractivity contribution < 1.29 is 4.79 Å². The number of carbonyl (C=O) groups excluding carboxylic acids is 1. The molecule has 116 valence electrons. The monoisotopic (exact) mass is 288 g/mol. The maximum atomic E-state index is 12.4. The number of hydrogen-bond donors (Lipinski definition) is 1. The first-order valence-electron chi connectivity index (χ1n) is 8.11. The average molecular weight is 288 g/mol. The lowest BCUT2D eigenvalue weighted by Gasteiger charge is -2.23. The maximum absolute atomic E-state index is 12.4. The van der Waals surface area contributed by atoms with Crippen LogP contribution in [0.5, 0.6) is 0 Å². The first-order valence-corrected chi connectivity index (χ1v) is 8.11. The number of rotatable bonds is 5. The van der Waals surface area contributed by atoms with Crippen LogP contribution in [0, 0.1) is 5.92 Å². The molecule has 0 spiro atoms. The minimum atomic E-state index is 0.223. The lowest BCUT2D eigenvalue weighted by Crippen LogP contribution is -2.36. The van der Waals surface area contributed by atoms with Crippen molar-refractivity contribution >= 4 is 11.6 Å². The Morgan fingerprint density at radius 1 is 1.43 bits per heavy atom. The fourth-order valence-electron chi connectivity index (χ4n) is 3.09. The van der Waals surface area contributed by atoms with Gasteiger partial charge in [-0.1, -0.05) is 32.9 Å². The third-order valence-electron chi connectivity index (χ3n) is 4.23. The van der Waals surface area contributed by atoms with Crippen LogP contribution < -0.4 is 10.6 Å². The van der Waals surface area contributed by atoms with Crippen LogP contribution >= 0.6 is 0 Å². The molecule has 0 radical (unpaired) electrons. The van der Waals surface area contributed by atoms with Crippen LogP contribution in [0.2, 0.25) is 0 Å². The molecule has 0 saturated carbocycles. The van der Waals surface area contributed by atoms with Gasteiger partial charge in [0.05, 0.1) is 0 Å². The number of carbonyl (C=O) groups is 1. The van der Waals surface area contributed by atoms with Gasteiger partial charge >= 0.3 is 0 Å². The summed E-state index contributed by atoms with van der Waals surface area (Å²) in [7, 11) is 0. The Labute approximate surface area is 128 Å². The number of benzene rings is 1. The van der Waals surface area contributed by atoms with Crippen molar-refractivity contribution in [3.05, 3.63) is 29.3 Å². The van der Waals surface area contributed by atoms with E-state index in [1.165, 1.54) is 11.1 Å². The fraction of sp³-hybridized carbons (Fsp3) is 0.611. The largest absolute Gasteiger partial charge is 0.327 e. The second-order valence-electron chi connectivity index (χ2n) is 6.75. The minimum absolute atomic E-state index is 0.223. The molecule has 0 fully saturated rings. The van der Waals surface area contributed by atoms with Gasteiger partial charge in [0.1, 0.15) is 0 Å². The highest BCUT2D eigenvalue weighted by Gasteiger charge is 2.31. The zero-order valence-electron chi connectivity index (χ0n) is 13.7. The molecule has 3 nitrogen and oxygen atoms in total. The normalized spacial score (nSPS) is 19.0. The van der Waals surface area contributed by atoms with Gasteiger partial charge in [-0.15, -0.1) is 0 Å². The molecule has 1 aromatic rings. The smallest absolute Gasteiger partial charge is 0.227 e. The van der Waals surface area contributed by atoms with Crippen molar-refractivity contribution in [3.63, 3.8) is 0 Å². The lowest BCUT2D eigenvalue weighted by molar-refractivity contribution is -0.119. The molecule has 1 heterocycles. The molecule has 2 rings (SSSR count). The average Bonchev–Trinajstić information content (AvgIpc) is 2.72. The Morgan fingerprint density at radius 2 is 2.14 bits per heavy atom. The van der Waals surface area contributed by atoms with E-state index in [-0.39, 0.29) is 18.0 Å². The van der Waals surface area contributed by atoms with E-state index in [2.05, 4.69) is 45.9 Å². The third-order valence-corrected chi connectivity index (χ3v) is 4.23. The van der Waals surface area contributed by atoms with Crippen LogP contribution in [0.1, 0.15) is 51.7 Å². The van der Waals surface area contributed by atoms with E-state index in [9.17, 15) is 4.79 Å². The molecule has 0 bridgehead atoms. The molecule has 0 saturated heterocycles. The minimum Gasteiger partial charge on any atom is -0.327 e. The molecule has 1 aliphatic heterocycles. The number of amides is 1. The van der Waals surface area contributed by atoms with Gasteiger partial charge in [-0.25, -0.2) is 0 Å². The Morgan fingerprint density at radius 3 is 2.76 bits per heavy atom. The van der Waals surface area contributed by atoms with Crippen LogP contribution in [0.15, 0.2) is 18.2 Å². The van der Waals surface area contributed by atoms with Crippen LogP contribution in [0.25, 0.3) is 0 Å². The van der Waals surface area contributed by atoms with Gasteiger partial charge in [0.25, 0.3) is 0 Å². The van der Waals surface area contributed by atoms with E-state index in [4.69, 9.17) is 5.73 Å². The first-order chi connectivity index (χ1) is 9.92. The van der Waals surface area contributed by atoms with Crippen LogP contribution in [-0.2, 0) is 17.6 Å². The SMILES string of the molecule is CCC(N)Cc1ccc2c(c1)CC(C)N2C(=O)CC(C)C. The maximum Gasteiger partial charge on any atom is 0.227 e. The van der Waals surface area contributed by atoms with Gasteiger partial charge in [-0.3, -0.25) is 4.79 Å². The molecule has 2 atom stereocenters. The highest BCUT2D eigenvalue weighted by atomic mass is 16.2. The standard InChI is InChI=1S/C18H28N2O/c1-5-16(19)11-14-6-7-17-15(10-14)9-13(4)20(17)18(21)8-12(2)3/h6-7,10,12-13,16H,5,8-9,11,19H2,1-4H3. The second kappa shape index (κ2) is 6.61. The third kappa shape index (κ3) is 3.65. The molecule has 3 heteroatoms. The summed E-state index contributed by atoms with van der Waals surface area (Å²) < 4.78 is 0. The molecule has 0 aliphatic carbocycles. The molecule has 1 aliphatic rings. The summed E-state index contributed by atoms with van der Waals surface area (Å²) in [5, 5.41) is 0. The molecule has 0 aromatic heterocycles. The molecule has 1 amide bonds. The van der Waals surface area contributed by atoms with E-state index < -0.39 is 0 Å². The lowest BCUT2D eigenvalue weighted by atomic mass is 10.0. The summed E-state index contributed by atoms with van der Waals surface area (Å²) in [6, 6.07) is 6.96. The highest BCUT2D eigenvalue weighted by Crippen LogP contribution is 2.34. The number of hydrogen-bond acceptors (Lipinski definition) is 2. The Balaban J connectivity index is 2.20. The van der Waals surface area contributed by atoms with Crippen LogP contribution in [0.4, 0.5) is 5.69 Å². The Bertz CT molecular complexity index is 510. The predicted octanol–water partition coefficient (Wildman–Crippen LogP) is 3.29. The number of anilines is 1. The zero-order chi connectivity index (χ0) is 15.6. The number of fused-ring (bicyclic) bond motifs is 1. The summed E-state index contributed by atoms with van der Waals surface area (Å²) in [6.45, 7) is 8.44. The van der Waals surface area contributed by atoms with Crippen LogP contribution in [-0.4, -0.2) is 18.0 Å². The second-order valence-corrected chi connectivity index (χ2v) is 6.75. The van der Waals surface area contributed by atoms with E-state index in [1.54, 1.807) is 0 Å². The summed E-state index contributed by atoms with van der Waals surface area (Å²) >= 11 is 0. The summed E-state index contributed by atoms with van der Waals surface area (Å²) in [5.74, 6) is 0.643. The molecule has 2 unspecified atom stereocenters. The van der Waals surface area contributed by atoms with Crippen molar-refractivity contribution in [1.29, 1.82) is 0 Å². The van der Waals surface area contributed by atoms with Crippen molar-refractivity contribution in [2.45, 2.75) is 65.5 Å². The summed E-state index contributed by atoms with van der Waals surface area (Å²) in [5.41, 5.74) is 9.72. The van der Waals surface area contributed by atoms with Gasteiger partial charge in [-0.2, -0.15) is 0 Å². The van der Waals surface area contributed by atoms with E-state index in [0.29, 0.717) is 12.3 Å². The highest BCUT2D eigenvalue weighted by molar-refractivity contribution is 5.96. The molecule has 21 heavy (non-hydrogen) atoms. The summed E-state index contributed by atoms with van der Waals surface area (Å²) in [4.78, 5) is 14.4. The zero-order valence-corrected chi connectivity index (χ0v) is 13.7. The first kappa shape index (κ1) is 16.0. The quantitative estimate of drug-likeness (QED) is 0.903. The van der Waals surface area contributed by atoms with Crippen molar-refractivity contribution in [1.82, 2.24) is 0 Å². The van der Waals surface area contributed by atoms with Gasteiger partial charge in [0.2, 0.25) is 5.91 Å². The number of nitrogens with zero attached hydrogens (tertiary/aromatic N) is 1. The van der Waals surface area contributed by atoms with Gasteiger partial charge in [-0.05, 0) is 49.3 Å². The molecule has 2 N–H and O–H groups in total. The Kier molecular flexibility index (Phi) is 5.04. The van der Waals surface area contributed by atoms with Crippen molar-refractivity contribution in [2.75, 3.05) is 4.90 Å². The molecular formula is C18H28N2O. The molecule has 1 aromatic carbocycles. The van der Waals surface area contributed by atoms with Crippen LogP contribution in [0.3, 0.4) is 0 Å². The van der Waals surface area contributed by atoms with Gasteiger partial charge < -0.3 is 10.6 Å². The van der Waals surface area contributed by atoms with E-state index in [0.717, 1.165) is 24.9 Å². The number of nitrogens with two attached hydrogens (primary N) is 1. The topological polar surface area (TPSA) is 46.3 Å². The van der Waals surface area contributed by atoms with Crippen molar-refractivity contribution in [2.24, 2.45) is 11.7 Å². The van der Waals surface area contributed by atoms with E-state index in [1.807, 2.05) is 4.90 Å². The Hall–Kier alpha value is -1.35. The predicted molar refractivity (Wildman–Crippen MR) is 88.5 cm³/mol. The summed E-state index contributed by atoms with van der Waals surface area (Å²) in [6.07, 6.45) is 3.48. The van der Waals surface area contributed by atoms with Gasteiger partial charge in [0, 0.05) is 24.2 Å². The fourth-order valence-corrected chi connectivity index (χ4v) is 3.09. The molecular weight excluding hydrogens is 260 g/mol. The van der Waals surface area contributed by atoms with Gasteiger partial charge in [0.15, 0.2) is 0 Å². The van der Waals surface area contributed by atoms with Crippen molar-refractivity contribution in [3.8, 4) is 0 Å².